The first kappa shape index (κ1) is 21.2. The predicted molar refractivity (Wildman–Crippen MR) is 110 cm³/mol. The highest BCUT2D eigenvalue weighted by atomic mass is 32.2. The molecule has 1 aliphatic heterocycles. The molecule has 2 aromatic rings. The number of esters is 1. The summed E-state index contributed by atoms with van der Waals surface area (Å²) in [5.41, 5.74) is 0.751. The van der Waals surface area contributed by atoms with E-state index in [0.29, 0.717) is 22.6 Å². The van der Waals surface area contributed by atoms with E-state index in [2.05, 4.69) is 0 Å². The molecule has 6 nitrogen and oxygen atoms in total. The molecule has 0 N–H and O–H groups in total. The van der Waals surface area contributed by atoms with Crippen LogP contribution in [0, 0.1) is 0 Å². The number of methoxy groups -OCH3 is 2. The Morgan fingerprint density at radius 3 is 2.66 bits per heavy atom. The molecule has 0 aliphatic carbocycles. The smallest absolute Gasteiger partial charge is 0.339 e. The van der Waals surface area contributed by atoms with E-state index in [-0.39, 0.29) is 18.5 Å². The van der Waals surface area contributed by atoms with Gasteiger partial charge in [-0.05, 0) is 43.2 Å². The van der Waals surface area contributed by atoms with Crippen molar-refractivity contribution >= 4 is 23.5 Å². The van der Waals surface area contributed by atoms with Gasteiger partial charge in [-0.1, -0.05) is 12.1 Å². The van der Waals surface area contributed by atoms with E-state index in [4.69, 9.17) is 18.9 Å². The number of carbonyl (C=O) groups excluding carboxylic acids is 2. The van der Waals surface area contributed by atoms with Crippen LogP contribution in [0.25, 0.3) is 0 Å². The first-order valence-electron chi connectivity index (χ1n) is 9.38. The summed E-state index contributed by atoms with van der Waals surface area (Å²) < 4.78 is 21.3. The summed E-state index contributed by atoms with van der Waals surface area (Å²) in [6, 6.07) is 12.1. The molecule has 0 unspecified atom stereocenters. The van der Waals surface area contributed by atoms with Crippen molar-refractivity contribution in [2.75, 3.05) is 33.2 Å². The molecule has 2 aromatic carbocycles. The molecule has 1 atom stereocenters. The molecule has 1 saturated heterocycles. The van der Waals surface area contributed by atoms with Crippen LogP contribution in [0.4, 0.5) is 0 Å². The van der Waals surface area contributed by atoms with Gasteiger partial charge >= 0.3 is 5.97 Å². The first-order chi connectivity index (χ1) is 14.1. The summed E-state index contributed by atoms with van der Waals surface area (Å²) in [5, 5.41) is 0. The highest BCUT2D eigenvalue weighted by Gasteiger charge is 2.20. The van der Waals surface area contributed by atoms with Crippen molar-refractivity contribution in [2.45, 2.75) is 23.8 Å². The lowest BCUT2D eigenvalue weighted by atomic mass is 10.1. The number of benzene rings is 2. The SMILES string of the molecule is COc1ccc(OC)c(C(=O)COC(=O)c2ccccc2SC[C@H]2CCCO2)c1. The van der Waals surface area contributed by atoms with Crippen LogP contribution in [0.15, 0.2) is 47.4 Å². The second-order valence-electron chi connectivity index (χ2n) is 6.51. The van der Waals surface area contributed by atoms with Gasteiger partial charge in [-0.2, -0.15) is 0 Å². The van der Waals surface area contributed by atoms with Gasteiger partial charge in [0.2, 0.25) is 5.78 Å². The second kappa shape index (κ2) is 10.3. The topological polar surface area (TPSA) is 71.1 Å². The Morgan fingerprint density at radius 2 is 1.93 bits per heavy atom. The molecular formula is C22H24O6S. The van der Waals surface area contributed by atoms with Crippen LogP contribution in [-0.4, -0.2) is 51.0 Å². The van der Waals surface area contributed by atoms with Gasteiger partial charge in [0.05, 0.1) is 31.5 Å². The van der Waals surface area contributed by atoms with E-state index in [0.717, 1.165) is 30.1 Å². The van der Waals surface area contributed by atoms with Crippen molar-refractivity contribution in [3.05, 3.63) is 53.6 Å². The van der Waals surface area contributed by atoms with E-state index in [9.17, 15) is 9.59 Å². The van der Waals surface area contributed by atoms with Gasteiger partial charge in [0.1, 0.15) is 11.5 Å². The lowest BCUT2D eigenvalue weighted by Gasteiger charge is -2.12. The number of carbonyl (C=O) groups is 2. The Morgan fingerprint density at radius 1 is 1.10 bits per heavy atom. The third kappa shape index (κ3) is 5.52. The first-order valence-corrected chi connectivity index (χ1v) is 10.4. The van der Waals surface area contributed by atoms with Crippen molar-refractivity contribution < 1.29 is 28.5 Å². The lowest BCUT2D eigenvalue weighted by molar-refractivity contribution is 0.0470. The van der Waals surface area contributed by atoms with E-state index < -0.39 is 5.97 Å². The zero-order valence-electron chi connectivity index (χ0n) is 16.5. The largest absolute Gasteiger partial charge is 0.497 e. The summed E-state index contributed by atoms with van der Waals surface area (Å²) in [4.78, 5) is 26.0. The minimum absolute atomic E-state index is 0.214. The Kier molecular flexibility index (Phi) is 7.55. The molecular weight excluding hydrogens is 392 g/mol. The molecule has 3 rings (SSSR count). The van der Waals surface area contributed by atoms with Crippen molar-refractivity contribution in [1.29, 1.82) is 0 Å². The summed E-state index contributed by atoms with van der Waals surface area (Å²) in [6.45, 7) is 0.415. The van der Waals surface area contributed by atoms with Crippen LogP contribution in [0.2, 0.25) is 0 Å². The number of hydrogen-bond donors (Lipinski definition) is 0. The molecule has 0 amide bonds. The van der Waals surface area contributed by atoms with E-state index >= 15 is 0 Å². The Bertz CT molecular complexity index is 860. The van der Waals surface area contributed by atoms with Crippen molar-refractivity contribution in [3.8, 4) is 11.5 Å². The minimum Gasteiger partial charge on any atom is -0.497 e. The van der Waals surface area contributed by atoms with Crippen LogP contribution in [0.5, 0.6) is 11.5 Å². The Labute approximate surface area is 174 Å². The lowest BCUT2D eigenvalue weighted by Crippen LogP contribution is -2.16. The van der Waals surface area contributed by atoms with Gasteiger partial charge in [0.25, 0.3) is 0 Å². The van der Waals surface area contributed by atoms with Gasteiger partial charge in [-0.25, -0.2) is 4.79 Å². The molecule has 0 spiro atoms. The third-order valence-corrected chi connectivity index (χ3v) is 5.80. The summed E-state index contributed by atoms with van der Waals surface area (Å²) >= 11 is 1.57. The molecule has 1 aliphatic rings. The maximum absolute atomic E-state index is 12.6. The molecule has 0 saturated carbocycles. The van der Waals surface area contributed by atoms with Crippen LogP contribution in [0.1, 0.15) is 33.6 Å². The Hall–Kier alpha value is -2.51. The van der Waals surface area contributed by atoms with Gasteiger partial charge in [-0.3, -0.25) is 4.79 Å². The average molecular weight is 416 g/mol. The molecule has 0 aromatic heterocycles. The summed E-state index contributed by atoms with van der Waals surface area (Å²) in [5.74, 6) is 0.814. The molecule has 29 heavy (non-hydrogen) atoms. The molecule has 1 fully saturated rings. The molecule has 0 bridgehead atoms. The maximum Gasteiger partial charge on any atom is 0.339 e. The summed E-state index contributed by atoms with van der Waals surface area (Å²) in [6.07, 6.45) is 2.33. The number of hydrogen-bond acceptors (Lipinski definition) is 7. The molecule has 7 heteroatoms. The second-order valence-corrected chi connectivity index (χ2v) is 7.57. The fraction of sp³-hybridized carbons (Fsp3) is 0.364. The van der Waals surface area contributed by atoms with Gasteiger partial charge in [0, 0.05) is 17.3 Å². The predicted octanol–water partition coefficient (Wildman–Crippen LogP) is 4.01. The standard InChI is InChI=1S/C22H24O6S/c1-25-15-9-10-20(26-2)18(12-15)19(23)13-28-22(24)17-7-3-4-8-21(17)29-14-16-6-5-11-27-16/h3-4,7-10,12,16H,5-6,11,13-14H2,1-2H3/t16-/m1/s1. The fourth-order valence-electron chi connectivity index (χ4n) is 3.04. The minimum atomic E-state index is -0.532. The van der Waals surface area contributed by atoms with Crippen molar-refractivity contribution in [2.24, 2.45) is 0 Å². The highest BCUT2D eigenvalue weighted by Crippen LogP contribution is 2.28. The quantitative estimate of drug-likeness (QED) is 0.347. The van der Waals surface area contributed by atoms with Gasteiger partial charge in [0.15, 0.2) is 6.61 Å². The monoisotopic (exact) mass is 416 g/mol. The molecule has 0 radical (unpaired) electrons. The maximum atomic E-state index is 12.6. The fourth-order valence-corrected chi connectivity index (χ4v) is 4.15. The van der Waals surface area contributed by atoms with Crippen molar-refractivity contribution in [3.63, 3.8) is 0 Å². The molecule has 1 heterocycles. The highest BCUT2D eigenvalue weighted by molar-refractivity contribution is 7.99. The van der Waals surface area contributed by atoms with Crippen LogP contribution in [0.3, 0.4) is 0 Å². The normalized spacial score (nSPS) is 15.7. The zero-order valence-corrected chi connectivity index (χ0v) is 17.3. The van der Waals surface area contributed by atoms with E-state index in [1.54, 1.807) is 42.1 Å². The van der Waals surface area contributed by atoms with Crippen LogP contribution < -0.4 is 9.47 Å². The molecule has 154 valence electrons. The number of ketones is 1. The van der Waals surface area contributed by atoms with Gasteiger partial charge in [-0.15, -0.1) is 11.8 Å². The number of rotatable bonds is 9. The van der Waals surface area contributed by atoms with Crippen LogP contribution in [-0.2, 0) is 9.47 Å². The van der Waals surface area contributed by atoms with E-state index in [1.807, 2.05) is 12.1 Å². The summed E-state index contributed by atoms with van der Waals surface area (Å²) in [7, 11) is 2.99. The van der Waals surface area contributed by atoms with E-state index in [1.165, 1.54) is 14.2 Å². The number of thioether (sulfide) groups is 1. The van der Waals surface area contributed by atoms with Crippen molar-refractivity contribution in [1.82, 2.24) is 0 Å². The van der Waals surface area contributed by atoms with Gasteiger partial charge < -0.3 is 18.9 Å². The average Bonchev–Trinajstić information content (AvgIpc) is 3.29. The van der Waals surface area contributed by atoms with Crippen LogP contribution >= 0.6 is 11.8 Å². The third-order valence-electron chi connectivity index (χ3n) is 4.60. The Balaban J connectivity index is 1.64. The number of Topliss-reactive ketones (excluding diaryl/α,β-unsaturated/α-hetero) is 1. The number of ether oxygens (including phenoxy) is 4. The zero-order chi connectivity index (χ0) is 20.6.